The van der Waals surface area contributed by atoms with E-state index in [1.807, 2.05) is 104 Å². The van der Waals surface area contributed by atoms with E-state index in [9.17, 15) is 9.59 Å². The van der Waals surface area contributed by atoms with Crippen molar-refractivity contribution in [2.45, 2.75) is 27.4 Å². The maximum Gasteiger partial charge on any atom is 0.357 e. The summed E-state index contributed by atoms with van der Waals surface area (Å²) in [4.78, 5) is 39.8. The van der Waals surface area contributed by atoms with Crippen molar-refractivity contribution in [1.82, 2.24) is 19.9 Å². The minimum absolute atomic E-state index is 0.245. The molecule has 0 amide bonds. The third kappa shape index (κ3) is 7.30. The Labute approximate surface area is 310 Å². The van der Waals surface area contributed by atoms with Crippen LogP contribution in [-0.4, -0.2) is 52.2 Å². The number of rotatable bonds is 10. The molecule has 0 bridgehead atoms. The van der Waals surface area contributed by atoms with Gasteiger partial charge in [0.05, 0.1) is 43.2 Å². The van der Waals surface area contributed by atoms with Gasteiger partial charge in [-0.1, -0.05) is 36.4 Å². The van der Waals surface area contributed by atoms with E-state index in [0.29, 0.717) is 23.6 Å². The topological polar surface area (TPSA) is 138 Å². The second-order valence-corrected chi connectivity index (χ2v) is 12.3. The summed E-state index contributed by atoms with van der Waals surface area (Å²) in [6, 6.07) is 30.9. The number of benzene rings is 4. The van der Waals surface area contributed by atoms with Crippen LogP contribution in [0.2, 0.25) is 0 Å². The number of nitrogens with one attached hydrogen (secondary N) is 2. The van der Waals surface area contributed by atoms with Gasteiger partial charge in [-0.3, -0.25) is 0 Å². The first-order valence-electron chi connectivity index (χ1n) is 17.5. The van der Waals surface area contributed by atoms with Gasteiger partial charge >= 0.3 is 11.9 Å². The average molecular weight is 723 g/mol. The summed E-state index contributed by atoms with van der Waals surface area (Å²) in [7, 11) is 1.59. The molecule has 0 atom stereocenters. The molecule has 0 unspecified atom stereocenters. The van der Waals surface area contributed by atoms with Crippen molar-refractivity contribution < 1.29 is 33.3 Å². The number of fused-ring (bicyclic) bond motifs is 6. The van der Waals surface area contributed by atoms with Crippen molar-refractivity contribution in [3.8, 4) is 23.0 Å². The number of para-hydroxylation sites is 2. The number of hydrogen-bond acceptors (Lipinski definition) is 9. The smallest absolute Gasteiger partial charge is 0.357 e. The Morgan fingerprint density at radius 2 is 1.07 bits per heavy atom. The van der Waals surface area contributed by atoms with Gasteiger partial charge in [0.2, 0.25) is 0 Å². The highest BCUT2D eigenvalue weighted by Gasteiger charge is 2.21. The number of carbonyl (C=O) groups is 2. The fourth-order valence-electron chi connectivity index (χ4n) is 6.42. The van der Waals surface area contributed by atoms with Crippen LogP contribution in [0.3, 0.4) is 0 Å². The summed E-state index contributed by atoms with van der Waals surface area (Å²) in [5, 5.41) is 3.76. The van der Waals surface area contributed by atoms with Crippen molar-refractivity contribution in [2.75, 3.05) is 20.3 Å². The predicted octanol–water partition coefficient (Wildman–Crippen LogP) is 9.83. The third-order valence-electron chi connectivity index (χ3n) is 8.75. The molecule has 8 rings (SSSR count). The Kier molecular flexibility index (Phi) is 10.5. The van der Waals surface area contributed by atoms with Crippen LogP contribution in [-0.2, 0) is 20.8 Å². The molecular formula is C43H38N4O7. The summed E-state index contributed by atoms with van der Waals surface area (Å²) in [6.45, 7) is 6.29. The van der Waals surface area contributed by atoms with Crippen molar-refractivity contribution in [1.29, 1.82) is 0 Å². The number of carbonyl (C=O) groups excluding carboxylic acids is 2. The highest BCUT2D eigenvalue weighted by atomic mass is 16.5. The van der Waals surface area contributed by atoms with Gasteiger partial charge in [-0.2, -0.15) is 0 Å². The van der Waals surface area contributed by atoms with Gasteiger partial charge in [-0.15, -0.1) is 0 Å². The van der Waals surface area contributed by atoms with E-state index in [2.05, 4.69) is 19.9 Å². The van der Waals surface area contributed by atoms with Crippen molar-refractivity contribution in [3.63, 3.8) is 0 Å². The number of methoxy groups -OCH3 is 1. The molecule has 4 aromatic carbocycles. The van der Waals surface area contributed by atoms with E-state index < -0.39 is 11.9 Å². The normalized spacial score (nSPS) is 11.0. The summed E-state index contributed by atoms with van der Waals surface area (Å²) < 4.78 is 27.5. The summed E-state index contributed by atoms with van der Waals surface area (Å²) in [5.74, 6) is 2.11. The lowest BCUT2D eigenvalue weighted by molar-refractivity contribution is 0.0507. The highest BCUT2D eigenvalue weighted by molar-refractivity contribution is 6.12. The van der Waals surface area contributed by atoms with Gasteiger partial charge in [-0.25, -0.2) is 19.6 Å². The minimum atomic E-state index is -0.456. The molecule has 0 fully saturated rings. The van der Waals surface area contributed by atoms with Crippen molar-refractivity contribution >= 4 is 55.6 Å². The molecule has 0 saturated heterocycles. The first-order chi connectivity index (χ1) is 26.4. The van der Waals surface area contributed by atoms with Gasteiger partial charge in [0, 0.05) is 45.3 Å². The Hall–Kier alpha value is -6.72. The SMILES string of the molecule is CCOC(=O)c1ncc2[nH]c3ccc(Oc4ccccc4)cc3c2c1C.CCOC(=O)c1ncc2[nH]c3ccc(Oc4ccccc4)cc3c2c1COC. The van der Waals surface area contributed by atoms with Crippen LogP contribution in [0.15, 0.2) is 109 Å². The molecule has 272 valence electrons. The third-order valence-corrected chi connectivity index (χ3v) is 8.75. The first kappa shape index (κ1) is 35.7. The average Bonchev–Trinajstić information content (AvgIpc) is 3.75. The summed E-state index contributed by atoms with van der Waals surface area (Å²) in [5.41, 5.74) is 5.70. The second kappa shape index (κ2) is 15.9. The fraction of sp³-hybridized carbons (Fsp3) is 0.163. The quantitative estimate of drug-likeness (QED) is 0.132. The summed E-state index contributed by atoms with van der Waals surface area (Å²) in [6.07, 6.45) is 3.32. The number of H-pyrrole nitrogens is 2. The van der Waals surface area contributed by atoms with E-state index >= 15 is 0 Å². The number of hydrogen-bond donors (Lipinski definition) is 2. The minimum Gasteiger partial charge on any atom is -0.461 e. The number of aryl methyl sites for hydroxylation is 1. The zero-order valence-electron chi connectivity index (χ0n) is 30.3. The molecule has 0 spiro atoms. The van der Waals surface area contributed by atoms with Crippen LogP contribution in [0.5, 0.6) is 23.0 Å². The number of nitrogens with zero attached hydrogens (tertiary/aromatic N) is 2. The van der Waals surface area contributed by atoms with Gasteiger partial charge in [0.15, 0.2) is 11.4 Å². The van der Waals surface area contributed by atoms with Crippen LogP contribution in [0, 0.1) is 6.92 Å². The molecule has 8 aromatic rings. The van der Waals surface area contributed by atoms with Crippen molar-refractivity contribution in [2.24, 2.45) is 0 Å². The van der Waals surface area contributed by atoms with E-state index in [4.69, 9.17) is 23.7 Å². The number of ether oxygens (including phenoxy) is 5. The van der Waals surface area contributed by atoms with Crippen LogP contribution < -0.4 is 9.47 Å². The lowest BCUT2D eigenvalue weighted by Gasteiger charge is -2.09. The van der Waals surface area contributed by atoms with Gasteiger partial charge in [-0.05, 0) is 87.0 Å². The predicted molar refractivity (Wildman–Crippen MR) is 208 cm³/mol. The van der Waals surface area contributed by atoms with E-state index in [-0.39, 0.29) is 18.9 Å². The van der Waals surface area contributed by atoms with E-state index in [1.54, 1.807) is 33.4 Å². The molecular weight excluding hydrogens is 684 g/mol. The molecule has 0 aliphatic carbocycles. The van der Waals surface area contributed by atoms with Gasteiger partial charge in [0.25, 0.3) is 0 Å². The molecule has 2 N–H and O–H groups in total. The van der Waals surface area contributed by atoms with E-state index in [1.165, 1.54) is 0 Å². The lowest BCUT2D eigenvalue weighted by Crippen LogP contribution is -2.11. The fourth-order valence-corrected chi connectivity index (χ4v) is 6.42. The maximum absolute atomic E-state index is 12.4. The number of esters is 2. The Morgan fingerprint density at radius 1 is 0.593 bits per heavy atom. The molecule has 11 nitrogen and oxygen atoms in total. The van der Waals surface area contributed by atoms with Crippen LogP contribution >= 0.6 is 0 Å². The van der Waals surface area contributed by atoms with Crippen molar-refractivity contribution in [3.05, 3.63) is 132 Å². The molecule has 54 heavy (non-hydrogen) atoms. The molecule has 0 saturated carbocycles. The zero-order valence-corrected chi connectivity index (χ0v) is 30.3. The number of pyridine rings is 2. The summed E-state index contributed by atoms with van der Waals surface area (Å²) >= 11 is 0. The lowest BCUT2D eigenvalue weighted by atomic mass is 10.1. The maximum atomic E-state index is 12.4. The Morgan fingerprint density at radius 3 is 1.59 bits per heavy atom. The number of aromatic nitrogens is 4. The first-order valence-corrected chi connectivity index (χ1v) is 17.5. The zero-order chi connectivity index (χ0) is 37.6. The van der Waals surface area contributed by atoms with E-state index in [0.717, 1.165) is 66.4 Å². The largest absolute Gasteiger partial charge is 0.461 e. The molecule has 0 aliphatic heterocycles. The molecule has 4 heterocycles. The van der Waals surface area contributed by atoms with Gasteiger partial charge in [0.1, 0.15) is 23.0 Å². The monoisotopic (exact) mass is 722 g/mol. The number of aromatic amines is 2. The molecule has 0 aliphatic rings. The Bertz CT molecular complexity index is 2600. The molecule has 11 heteroatoms. The van der Waals surface area contributed by atoms with Crippen LogP contribution in [0.4, 0.5) is 0 Å². The van der Waals surface area contributed by atoms with Crippen LogP contribution in [0.1, 0.15) is 46.0 Å². The molecule has 4 aromatic heterocycles. The van der Waals surface area contributed by atoms with Gasteiger partial charge < -0.3 is 33.7 Å². The standard InChI is InChI=1S/C22H20N2O4.C21H18N2O3/c1-3-27-22(25)21-17(13-26-2)20-16-11-15(28-14-7-5-4-6-8-14)9-10-18(16)24-19(20)12-23-21;1-3-25-21(24)20-13(2)19-16-11-15(26-14-7-5-4-6-8-14)9-10-17(16)23-18(19)12-22-20/h4-12,24H,3,13H2,1-2H3;4-12,23H,3H2,1-2H3. The molecule has 0 radical (unpaired) electrons. The second-order valence-electron chi connectivity index (χ2n) is 12.3. The highest BCUT2D eigenvalue weighted by Crippen LogP contribution is 2.35. The van der Waals surface area contributed by atoms with Crippen LogP contribution in [0.25, 0.3) is 43.6 Å². The Balaban J connectivity index is 0.000000167.